The second-order valence-electron chi connectivity index (χ2n) is 7.62. The Balaban J connectivity index is 0.00000192. The maximum Gasteiger partial charge on any atom is 0.230 e. The zero-order valence-electron chi connectivity index (χ0n) is 15.6. The highest BCUT2D eigenvalue weighted by molar-refractivity contribution is 5.85. The molecule has 5 nitrogen and oxygen atoms in total. The largest absolute Gasteiger partial charge is 0.489 e. The lowest BCUT2D eigenvalue weighted by Gasteiger charge is -2.22. The SMILES string of the molecule is Cl.c1ccc(COc2ccc(-c3noc(C4CC45CCNCC5)n3)cc2)cc1. The first-order valence-electron chi connectivity index (χ1n) is 9.64. The number of benzene rings is 2. The zero-order chi connectivity index (χ0) is 18.1. The Morgan fingerprint density at radius 1 is 1.04 bits per heavy atom. The number of hydrogen-bond donors (Lipinski definition) is 1. The molecule has 0 radical (unpaired) electrons. The van der Waals surface area contributed by atoms with Gasteiger partial charge < -0.3 is 14.6 Å². The van der Waals surface area contributed by atoms with Gasteiger partial charge in [0.15, 0.2) is 0 Å². The first kappa shape index (κ1) is 19.0. The summed E-state index contributed by atoms with van der Waals surface area (Å²) in [6.45, 7) is 2.76. The quantitative estimate of drug-likeness (QED) is 0.682. The van der Waals surface area contributed by atoms with E-state index in [4.69, 9.17) is 9.26 Å². The topological polar surface area (TPSA) is 60.2 Å². The fraction of sp³-hybridized carbons (Fsp3) is 0.364. The van der Waals surface area contributed by atoms with Gasteiger partial charge in [-0.2, -0.15) is 4.98 Å². The average molecular weight is 398 g/mol. The van der Waals surface area contributed by atoms with Crippen LogP contribution in [-0.4, -0.2) is 23.2 Å². The number of nitrogens with zero attached hydrogens (tertiary/aromatic N) is 2. The molecule has 146 valence electrons. The summed E-state index contributed by atoms with van der Waals surface area (Å²) in [5.74, 6) is 2.74. The van der Waals surface area contributed by atoms with E-state index in [1.807, 2.05) is 42.5 Å². The highest BCUT2D eigenvalue weighted by Crippen LogP contribution is 2.63. The fourth-order valence-corrected chi connectivity index (χ4v) is 4.11. The molecule has 1 saturated heterocycles. The first-order chi connectivity index (χ1) is 13.3. The van der Waals surface area contributed by atoms with E-state index in [1.165, 1.54) is 19.3 Å². The maximum atomic E-state index is 5.84. The van der Waals surface area contributed by atoms with E-state index in [0.717, 1.165) is 35.9 Å². The summed E-state index contributed by atoms with van der Waals surface area (Å²) in [5.41, 5.74) is 2.52. The van der Waals surface area contributed by atoms with Crippen LogP contribution in [0.5, 0.6) is 5.75 Å². The normalized spacial score (nSPS) is 19.8. The molecule has 1 atom stereocenters. The van der Waals surface area contributed by atoms with Gasteiger partial charge in [0.05, 0.1) is 0 Å². The minimum absolute atomic E-state index is 0. The van der Waals surface area contributed by atoms with Gasteiger partial charge in [0.2, 0.25) is 11.7 Å². The van der Waals surface area contributed by atoms with Crippen molar-refractivity contribution in [2.24, 2.45) is 5.41 Å². The Kier molecular flexibility index (Phi) is 5.38. The van der Waals surface area contributed by atoms with E-state index >= 15 is 0 Å². The summed E-state index contributed by atoms with van der Waals surface area (Å²) in [5, 5.41) is 7.64. The van der Waals surface area contributed by atoms with Gasteiger partial charge in [0, 0.05) is 11.5 Å². The predicted octanol–water partition coefficient (Wildman–Crippen LogP) is 4.59. The molecule has 1 saturated carbocycles. The number of piperidine rings is 1. The van der Waals surface area contributed by atoms with Crippen molar-refractivity contribution in [3.8, 4) is 17.1 Å². The molecule has 1 aliphatic heterocycles. The van der Waals surface area contributed by atoms with Crippen LogP contribution < -0.4 is 10.1 Å². The van der Waals surface area contributed by atoms with Crippen molar-refractivity contribution in [2.75, 3.05) is 13.1 Å². The Bertz CT molecular complexity index is 905. The minimum atomic E-state index is 0. The highest BCUT2D eigenvalue weighted by atomic mass is 35.5. The second kappa shape index (κ2) is 7.94. The summed E-state index contributed by atoms with van der Waals surface area (Å²) < 4.78 is 11.4. The van der Waals surface area contributed by atoms with E-state index in [9.17, 15) is 0 Å². The van der Waals surface area contributed by atoms with Crippen molar-refractivity contribution in [1.29, 1.82) is 0 Å². The molecule has 0 amide bonds. The molecule has 1 aromatic heterocycles. The van der Waals surface area contributed by atoms with Crippen molar-refractivity contribution in [3.63, 3.8) is 0 Å². The van der Waals surface area contributed by atoms with Crippen molar-refractivity contribution < 1.29 is 9.26 Å². The Morgan fingerprint density at radius 3 is 2.54 bits per heavy atom. The van der Waals surface area contributed by atoms with Gasteiger partial charge in [-0.15, -0.1) is 12.4 Å². The van der Waals surface area contributed by atoms with Crippen LogP contribution in [-0.2, 0) is 6.61 Å². The second-order valence-corrected chi connectivity index (χ2v) is 7.62. The van der Waals surface area contributed by atoms with Gasteiger partial charge in [-0.3, -0.25) is 0 Å². The summed E-state index contributed by atoms with van der Waals surface area (Å²) in [4.78, 5) is 4.68. The fourth-order valence-electron chi connectivity index (χ4n) is 4.11. The molecule has 28 heavy (non-hydrogen) atoms. The first-order valence-corrected chi connectivity index (χ1v) is 9.64. The van der Waals surface area contributed by atoms with Crippen molar-refractivity contribution in [3.05, 3.63) is 66.1 Å². The van der Waals surface area contributed by atoms with Crippen LogP contribution in [0.4, 0.5) is 0 Å². The molecular formula is C22H24ClN3O2. The molecule has 2 fully saturated rings. The van der Waals surface area contributed by atoms with Crippen molar-refractivity contribution in [1.82, 2.24) is 15.5 Å². The average Bonchev–Trinajstić information content (AvgIpc) is 3.19. The number of hydrogen-bond acceptors (Lipinski definition) is 5. The number of nitrogens with one attached hydrogen (secondary N) is 1. The lowest BCUT2D eigenvalue weighted by atomic mass is 9.92. The molecule has 5 rings (SSSR count). The van der Waals surface area contributed by atoms with E-state index in [0.29, 0.717) is 23.8 Å². The van der Waals surface area contributed by atoms with Gasteiger partial charge in [0.25, 0.3) is 0 Å². The van der Waals surface area contributed by atoms with Crippen LogP contribution in [0.25, 0.3) is 11.4 Å². The number of rotatable bonds is 5. The van der Waals surface area contributed by atoms with E-state index in [-0.39, 0.29) is 12.4 Å². The van der Waals surface area contributed by atoms with Crippen LogP contribution in [0.1, 0.15) is 36.6 Å². The molecule has 1 aliphatic carbocycles. The molecule has 0 bridgehead atoms. The van der Waals surface area contributed by atoms with E-state index in [2.05, 4.69) is 27.6 Å². The maximum absolute atomic E-state index is 5.84. The van der Waals surface area contributed by atoms with Gasteiger partial charge >= 0.3 is 0 Å². The van der Waals surface area contributed by atoms with Crippen LogP contribution >= 0.6 is 12.4 Å². The minimum Gasteiger partial charge on any atom is -0.489 e. The Labute approximate surface area is 170 Å². The van der Waals surface area contributed by atoms with E-state index < -0.39 is 0 Å². The molecular weight excluding hydrogens is 374 g/mol. The number of halogens is 1. The monoisotopic (exact) mass is 397 g/mol. The van der Waals surface area contributed by atoms with Crippen LogP contribution in [0.2, 0.25) is 0 Å². The van der Waals surface area contributed by atoms with Crippen LogP contribution in [0.15, 0.2) is 59.1 Å². The molecule has 2 aromatic carbocycles. The standard InChI is InChI=1S/C22H23N3O2.ClH/c1-2-4-16(5-3-1)15-26-18-8-6-17(7-9-18)20-24-21(27-25-20)19-14-22(19)10-12-23-13-11-22;/h1-9,19,23H,10-15H2;1H. The van der Waals surface area contributed by atoms with Crippen molar-refractivity contribution >= 4 is 12.4 Å². The lowest BCUT2D eigenvalue weighted by molar-refractivity contribution is 0.306. The van der Waals surface area contributed by atoms with Gasteiger partial charge in [-0.05, 0) is 67.6 Å². The third kappa shape index (κ3) is 3.77. The zero-order valence-corrected chi connectivity index (χ0v) is 16.5. The third-order valence-electron chi connectivity index (χ3n) is 5.89. The molecule has 1 unspecified atom stereocenters. The summed E-state index contributed by atoms with van der Waals surface area (Å²) >= 11 is 0. The number of aromatic nitrogens is 2. The van der Waals surface area contributed by atoms with Crippen molar-refractivity contribution in [2.45, 2.75) is 31.8 Å². The Hall–Kier alpha value is -2.37. The molecule has 1 spiro atoms. The summed E-state index contributed by atoms with van der Waals surface area (Å²) in [6.07, 6.45) is 3.61. The predicted molar refractivity (Wildman–Crippen MR) is 110 cm³/mol. The Morgan fingerprint density at radius 2 is 1.79 bits per heavy atom. The highest BCUT2D eigenvalue weighted by Gasteiger charge is 2.57. The smallest absolute Gasteiger partial charge is 0.230 e. The molecule has 2 heterocycles. The molecule has 1 N–H and O–H groups in total. The van der Waals surface area contributed by atoms with Crippen LogP contribution in [0.3, 0.4) is 0 Å². The number of ether oxygens (including phenoxy) is 1. The summed E-state index contributed by atoms with van der Waals surface area (Å²) in [7, 11) is 0. The van der Waals surface area contributed by atoms with Crippen LogP contribution in [0, 0.1) is 5.41 Å². The molecule has 3 aromatic rings. The lowest BCUT2D eigenvalue weighted by Crippen LogP contribution is -2.29. The third-order valence-corrected chi connectivity index (χ3v) is 5.89. The molecule has 2 aliphatic rings. The summed E-state index contributed by atoms with van der Waals surface area (Å²) in [6, 6.07) is 18.0. The van der Waals surface area contributed by atoms with Gasteiger partial charge in [-0.25, -0.2) is 0 Å². The van der Waals surface area contributed by atoms with Gasteiger partial charge in [0.1, 0.15) is 12.4 Å². The van der Waals surface area contributed by atoms with E-state index in [1.54, 1.807) is 0 Å². The molecule has 6 heteroatoms. The van der Waals surface area contributed by atoms with Gasteiger partial charge in [-0.1, -0.05) is 35.5 Å².